The van der Waals surface area contributed by atoms with Crippen molar-refractivity contribution in [3.63, 3.8) is 0 Å². The zero-order valence-electron chi connectivity index (χ0n) is 10.2. The second kappa shape index (κ2) is 8.54. The Morgan fingerprint density at radius 2 is 1.18 bits per heavy atom. The van der Waals surface area contributed by atoms with Crippen LogP contribution in [0.25, 0.3) is 0 Å². The Hall–Kier alpha value is -1.60. The zero-order valence-corrected chi connectivity index (χ0v) is 10.2. The molecule has 0 saturated carbocycles. The quantitative estimate of drug-likeness (QED) is 0.851. The summed E-state index contributed by atoms with van der Waals surface area (Å²) in [7, 11) is 0. The van der Waals surface area contributed by atoms with E-state index in [1.165, 1.54) is 11.1 Å². The summed E-state index contributed by atoms with van der Waals surface area (Å²) in [5.74, 6) is 0. The first kappa shape index (κ1) is 13.5. The lowest BCUT2D eigenvalue weighted by Crippen LogP contribution is -1.85. The highest BCUT2D eigenvalue weighted by Crippen LogP contribution is 2.07. The van der Waals surface area contributed by atoms with Crippen molar-refractivity contribution in [1.29, 1.82) is 0 Å². The van der Waals surface area contributed by atoms with Gasteiger partial charge in [-0.1, -0.05) is 67.6 Å². The summed E-state index contributed by atoms with van der Waals surface area (Å²) in [6.45, 7) is 2.00. The molecule has 1 radical (unpaired) electrons. The highest BCUT2D eigenvalue weighted by Gasteiger charge is 1.92. The Morgan fingerprint density at radius 1 is 0.824 bits per heavy atom. The van der Waals surface area contributed by atoms with Crippen LogP contribution in [0.4, 0.5) is 0 Å². The van der Waals surface area contributed by atoms with E-state index in [1.54, 1.807) is 13.3 Å². The Labute approximate surface area is 104 Å². The molecule has 2 aromatic carbocycles. The molecule has 89 valence electrons. The van der Waals surface area contributed by atoms with Crippen LogP contribution in [0, 0.1) is 6.42 Å². The molecule has 1 heteroatoms. The number of aliphatic hydroxyl groups is 1. The fourth-order valence-corrected chi connectivity index (χ4v) is 1.43. The Bertz CT molecular complexity index is 341. The first-order valence-corrected chi connectivity index (χ1v) is 5.83. The number of rotatable bonds is 3. The van der Waals surface area contributed by atoms with Crippen molar-refractivity contribution in [3.8, 4) is 0 Å². The SMILES string of the molecule is C[CH]CO.c1ccc(Cc2ccccc2)cc1. The van der Waals surface area contributed by atoms with E-state index in [0.717, 1.165) is 6.42 Å². The molecule has 0 unspecified atom stereocenters. The van der Waals surface area contributed by atoms with Crippen molar-refractivity contribution >= 4 is 0 Å². The van der Waals surface area contributed by atoms with Crippen LogP contribution in [0.15, 0.2) is 60.7 Å². The monoisotopic (exact) mass is 227 g/mol. The van der Waals surface area contributed by atoms with Crippen LogP contribution in [-0.4, -0.2) is 11.7 Å². The third kappa shape index (κ3) is 5.88. The largest absolute Gasteiger partial charge is 0.396 e. The van der Waals surface area contributed by atoms with Crippen LogP contribution < -0.4 is 0 Å². The van der Waals surface area contributed by atoms with E-state index in [4.69, 9.17) is 5.11 Å². The Balaban J connectivity index is 0.000000317. The second-order valence-corrected chi connectivity index (χ2v) is 3.74. The molecule has 0 spiro atoms. The number of aliphatic hydroxyl groups excluding tert-OH is 1. The van der Waals surface area contributed by atoms with E-state index >= 15 is 0 Å². The van der Waals surface area contributed by atoms with Gasteiger partial charge < -0.3 is 5.11 Å². The van der Waals surface area contributed by atoms with Crippen molar-refractivity contribution in [2.45, 2.75) is 13.3 Å². The zero-order chi connectivity index (χ0) is 12.3. The molecular formula is C16H19O. The van der Waals surface area contributed by atoms with Gasteiger partial charge in [-0.05, 0) is 24.0 Å². The lowest BCUT2D eigenvalue weighted by Gasteiger charge is -2.00. The molecular weight excluding hydrogens is 208 g/mol. The van der Waals surface area contributed by atoms with Gasteiger partial charge in [-0.3, -0.25) is 0 Å². The minimum Gasteiger partial charge on any atom is -0.396 e. The summed E-state index contributed by atoms with van der Waals surface area (Å²) in [5, 5.41) is 7.82. The number of hydrogen-bond acceptors (Lipinski definition) is 1. The van der Waals surface area contributed by atoms with Crippen LogP contribution >= 0.6 is 0 Å². The van der Waals surface area contributed by atoms with Crippen LogP contribution in [0.2, 0.25) is 0 Å². The molecule has 0 aliphatic heterocycles. The predicted molar refractivity (Wildman–Crippen MR) is 72.7 cm³/mol. The molecule has 0 aromatic heterocycles. The summed E-state index contributed by atoms with van der Waals surface area (Å²) in [5.41, 5.74) is 2.74. The molecule has 2 aromatic rings. The van der Waals surface area contributed by atoms with Crippen molar-refractivity contribution in [1.82, 2.24) is 0 Å². The summed E-state index contributed by atoms with van der Waals surface area (Å²) in [4.78, 5) is 0. The third-order valence-corrected chi connectivity index (χ3v) is 2.28. The van der Waals surface area contributed by atoms with Crippen molar-refractivity contribution < 1.29 is 5.11 Å². The summed E-state index contributed by atoms with van der Waals surface area (Å²) in [6, 6.07) is 21.1. The van der Waals surface area contributed by atoms with Gasteiger partial charge in [-0.25, -0.2) is 0 Å². The molecule has 0 amide bonds. The maximum Gasteiger partial charge on any atom is 0.0460 e. The van der Waals surface area contributed by atoms with Gasteiger partial charge in [0.25, 0.3) is 0 Å². The van der Waals surface area contributed by atoms with E-state index in [1.807, 2.05) is 0 Å². The molecule has 17 heavy (non-hydrogen) atoms. The van der Waals surface area contributed by atoms with Gasteiger partial charge in [0.1, 0.15) is 0 Å². The lowest BCUT2D eigenvalue weighted by atomic mass is 10.1. The molecule has 0 fully saturated rings. The van der Waals surface area contributed by atoms with E-state index < -0.39 is 0 Å². The number of benzene rings is 2. The number of hydrogen-bond donors (Lipinski definition) is 1. The van der Waals surface area contributed by atoms with E-state index in [2.05, 4.69) is 60.7 Å². The van der Waals surface area contributed by atoms with Crippen LogP contribution in [-0.2, 0) is 6.42 Å². The van der Waals surface area contributed by atoms with Gasteiger partial charge in [0, 0.05) is 6.61 Å². The maximum atomic E-state index is 7.82. The molecule has 0 aliphatic rings. The third-order valence-electron chi connectivity index (χ3n) is 2.28. The topological polar surface area (TPSA) is 20.2 Å². The minimum absolute atomic E-state index is 0.194. The average molecular weight is 227 g/mol. The predicted octanol–water partition coefficient (Wildman–Crippen LogP) is 3.48. The van der Waals surface area contributed by atoms with Gasteiger partial charge >= 0.3 is 0 Å². The molecule has 2 rings (SSSR count). The van der Waals surface area contributed by atoms with E-state index in [9.17, 15) is 0 Å². The van der Waals surface area contributed by atoms with Crippen LogP contribution in [0.1, 0.15) is 18.1 Å². The van der Waals surface area contributed by atoms with Crippen molar-refractivity contribution in [3.05, 3.63) is 78.2 Å². The maximum absolute atomic E-state index is 7.82. The molecule has 0 heterocycles. The molecule has 0 saturated heterocycles. The van der Waals surface area contributed by atoms with Gasteiger partial charge in [0.05, 0.1) is 0 Å². The average Bonchev–Trinajstić information content (AvgIpc) is 2.41. The molecule has 1 N–H and O–H groups in total. The summed E-state index contributed by atoms with van der Waals surface area (Å²) >= 11 is 0. The van der Waals surface area contributed by atoms with Crippen molar-refractivity contribution in [2.24, 2.45) is 0 Å². The normalized spacial score (nSPS) is 9.29. The van der Waals surface area contributed by atoms with Crippen LogP contribution in [0.3, 0.4) is 0 Å². The van der Waals surface area contributed by atoms with Gasteiger partial charge in [0.2, 0.25) is 0 Å². The smallest absolute Gasteiger partial charge is 0.0460 e. The van der Waals surface area contributed by atoms with Gasteiger partial charge in [-0.15, -0.1) is 0 Å². The molecule has 1 nitrogen and oxygen atoms in total. The summed E-state index contributed by atoms with van der Waals surface area (Å²) in [6.07, 6.45) is 2.71. The van der Waals surface area contributed by atoms with Crippen LogP contribution in [0.5, 0.6) is 0 Å². The first-order chi connectivity index (χ1) is 8.36. The molecule has 0 atom stereocenters. The van der Waals surface area contributed by atoms with Crippen molar-refractivity contribution in [2.75, 3.05) is 6.61 Å². The fourth-order valence-electron chi connectivity index (χ4n) is 1.43. The Kier molecular flexibility index (Phi) is 6.76. The Morgan fingerprint density at radius 3 is 1.47 bits per heavy atom. The summed E-state index contributed by atoms with van der Waals surface area (Å²) < 4.78 is 0. The van der Waals surface area contributed by atoms with E-state index in [0.29, 0.717) is 0 Å². The van der Waals surface area contributed by atoms with Gasteiger partial charge in [-0.2, -0.15) is 0 Å². The minimum atomic E-state index is 0.194. The highest BCUT2D eigenvalue weighted by molar-refractivity contribution is 5.25. The standard InChI is InChI=1S/C13H12.C3H7O/c1-3-7-12(8-4-1)11-13-9-5-2-6-10-13;1-2-3-4/h1-10H,11H2;2,4H,3H2,1H3. The second-order valence-electron chi connectivity index (χ2n) is 3.74. The molecule has 0 aliphatic carbocycles. The highest BCUT2D eigenvalue weighted by atomic mass is 16.2. The van der Waals surface area contributed by atoms with E-state index in [-0.39, 0.29) is 6.61 Å². The molecule has 0 bridgehead atoms. The van der Waals surface area contributed by atoms with Gasteiger partial charge in [0.15, 0.2) is 0 Å². The first-order valence-electron chi connectivity index (χ1n) is 5.83. The lowest BCUT2D eigenvalue weighted by molar-refractivity contribution is 0.328. The fraction of sp³-hybridized carbons (Fsp3) is 0.188.